The third kappa shape index (κ3) is 3.29. The van der Waals surface area contributed by atoms with Crippen molar-refractivity contribution in [2.75, 3.05) is 13.2 Å². The highest BCUT2D eigenvalue weighted by atomic mass is 16.6. The minimum absolute atomic E-state index is 0.508. The summed E-state index contributed by atoms with van der Waals surface area (Å²) in [5.74, 6) is -0.742. The molecule has 0 aromatic carbocycles. The van der Waals surface area contributed by atoms with Crippen molar-refractivity contribution in [3.8, 4) is 0 Å². The minimum Gasteiger partial charge on any atom is -0.394 e. The van der Waals surface area contributed by atoms with E-state index in [0.29, 0.717) is 0 Å². The third-order valence-corrected chi connectivity index (χ3v) is 2.51. The summed E-state index contributed by atoms with van der Waals surface area (Å²) in [5.41, 5.74) is 8.02. The van der Waals surface area contributed by atoms with Gasteiger partial charge in [-0.1, -0.05) is 5.11 Å². The van der Waals surface area contributed by atoms with Gasteiger partial charge in [-0.25, -0.2) is 0 Å². The molecule has 5 N–H and O–H groups in total. The monoisotopic (exact) mass is 262 g/mol. The molecule has 0 aliphatic carbocycles. The number of carbonyl (C=O) groups excluding carboxylic acids is 1. The van der Waals surface area contributed by atoms with Crippen LogP contribution in [0.25, 0.3) is 10.4 Å². The van der Waals surface area contributed by atoms with Gasteiger partial charge in [0.15, 0.2) is 6.29 Å². The van der Waals surface area contributed by atoms with Gasteiger partial charge in [0.05, 0.1) is 6.61 Å². The van der Waals surface area contributed by atoms with Crippen LogP contribution in [-0.2, 0) is 9.53 Å². The number of nitrogens with one attached hydrogen (secondary N) is 1. The zero-order valence-corrected chi connectivity index (χ0v) is 9.25. The molecule has 5 atom stereocenters. The highest BCUT2D eigenvalue weighted by Gasteiger charge is 2.44. The summed E-state index contributed by atoms with van der Waals surface area (Å²) in [6.45, 7) is -1.10. The zero-order valence-electron chi connectivity index (χ0n) is 9.25. The first-order chi connectivity index (χ1) is 8.51. The van der Waals surface area contributed by atoms with E-state index in [1.54, 1.807) is 0 Å². The van der Waals surface area contributed by atoms with E-state index in [0.717, 1.165) is 0 Å². The van der Waals surface area contributed by atoms with Gasteiger partial charge >= 0.3 is 0 Å². The fourth-order valence-corrected chi connectivity index (χ4v) is 1.58. The summed E-state index contributed by atoms with van der Waals surface area (Å²) < 4.78 is 4.81. The van der Waals surface area contributed by atoms with E-state index < -0.39 is 49.7 Å². The Morgan fingerprint density at radius 2 is 2.06 bits per heavy atom. The molecule has 10 heteroatoms. The predicted octanol–water partition coefficient (Wildman–Crippen LogP) is -2.79. The lowest BCUT2D eigenvalue weighted by molar-refractivity contribution is -0.253. The minimum atomic E-state index is -1.59. The number of carbonyl (C=O) groups is 1. The first-order valence-corrected chi connectivity index (χ1v) is 5.12. The summed E-state index contributed by atoms with van der Waals surface area (Å²) in [7, 11) is 0. The predicted molar refractivity (Wildman–Crippen MR) is 55.9 cm³/mol. The fraction of sp³-hybridized carbons (Fsp3) is 0.875. The van der Waals surface area contributed by atoms with Crippen molar-refractivity contribution in [2.24, 2.45) is 5.11 Å². The molecule has 0 spiro atoms. The van der Waals surface area contributed by atoms with Crippen LogP contribution in [0, 0.1) is 0 Å². The maximum Gasteiger partial charge on any atom is 0.226 e. The maximum atomic E-state index is 11.2. The van der Waals surface area contributed by atoms with Gasteiger partial charge < -0.3 is 30.5 Å². The lowest BCUT2D eigenvalue weighted by Crippen LogP contribution is -2.64. The Kier molecular flexibility index (Phi) is 5.28. The molecule has 0 aromatic rings. The average Bonchev–Trinajstić information content (AvgIpc) is 2.36. The van der Waals surface area contributed by atoms with Crippen LogP contribution >= 0.6 is 0 Å². The van der Waals surface area contributed by atoms with Gasteiger partial charge in [-0.2, -0.15) is 0 Å². The number of aliphatic hydroxyl groups excluding tert-OH is 4. The third-order valence-electron chi connectivity index (χ3n) is 2.51. The smallest absolute Gasteiger partial charge is 0.226 e. The second-order valence-electron chi connectivity index (χ2n) is 3.71. The van der Waals surface area contributed by atoms with E-state index in [1.807, 2.05) is 0 Å². The number of amides is 1. The molecule has 1 amide bonds. The molecule has 102 valence electrons. The van der Waals surface area contributed by atoms with Gasteiger partial charge in [0, 0.05) is 4.91 Å². The van der Waals surface area contributed by atoms with Crippen molar-refractivity contribution in [1.29, 1.82) is 0 Å². The number of hydrogen-bond donors (Lipinski definition) is 5. The van der Waals surface area contributed by atoms with Crippen LogP contribution in [0.4, 0.5) is 0 Å². The molecule has 0 aromatic heterocycles. The van der Waals surface area contributed by atoms with Crippen molar-refractivity contribution < 1.29 is 30.0 Å². The van der Waals surface area contributed by atoms with Crippen LogP contribution in [-0.4, -0.2) is 70.1 Å². The summed E-state index contributed by atoms with van der Waals surface area (Å²) >= 11 is 0. The van der Waals surface area contributed by atoms with Gasteiger partial charge in [-0.15, -0.1) is 0 Å². The Labute approximate surface area is 101 Å². The zero-order chi connectivity index (χ0) is 13.7. The number of rotatable bonds is 4. The maximum absolute atomic E-state index is 11.2. The highest BCUT2D eigenvalue weighted by molar-refractivity contribution is 5.78. The summed E-state index contributed by atoms with van der Waals surface area (Å²) in [6.07, 6.45) is -5.69. The van der Waals surface area contributed by atoms with Crippen molar-refractivity contribution in [1.82, 2.24) is 5.32 Å². The van der Waals surface area contributed by atoms with Gasteiger partial charge in [0.1, 0.15) is 30.9 Å². The van der Waals surface area contributed by atoms with Crippen LogP contribution in [0.3, 0.4) is 0 Å². The molecule has 10 nitrogen and oxygen atoms in total. The molecular weight excluding hydrogens is 248 g/mol. The Bertz CT molecular complexity index is 346. The fourth-order valence-electron chi connectivity index (χ4n) is 1.58. The van der Waals surface area contributed by atoms with E-state index in [9.17, 15) is 20.1 Å². The van der Waals surface area contributed by atoms with Gasteiger partial charge in [-0.05, 0) is 5.53 Å². The van der Waals surface area contributed by atoms with E-state index in [2.05, 4.69) is 15.3 Å². The Morgan fingerprint density at radius 3 is 2.61 bits per heavy atom. The molecule has 5 unspecified atom stereocenters. The second kappa shape index (κ2) is 6.50. The topological polar surface area (TPSA) is 168 Å². The Morgan fingerprint density at radius 1 is 1.39 bits per heavy atom. The van der Waals surface area contributed by atoms with E-state index in [-0.39, 0.29) is 0 Å². The summed E-state index contributed by atoms with van der Waals surface area (Å²) in [6, 6.07) is -1.27. The Hall–Kier alpha value is -1.42. The first kappa shape index (κ1) is 14.6. The van der Waals surface area contributed by atoms with Crippen LogP contribution in [0.2, 0.25) is 0 Å². The molecule has 1 aliphatic heterocycles. The molecule has 1 aliphatic rings. The van der Waals surface area contributed by atoms with Gasteiger partial charge in [0.2, 0.25) is 5.91 Å². The van der Waals surface area contributed by atoms with Gasteiger partial charge in [0.25, 0.3) is 0 Å². The normalized spacial score (nSPS) is 35.7. The number of ether oxygens (including phenoxy) is 1. The lowest BCUT2D eigenvalue weighted by Gasteiger charge is -2.40. The van der Waals surface area contributed by atoms with Crippen LogP contribution in [0.1, 0.15) is 0 Å². The largest absolute Gasteiger partial charge is 0.394 e. The molecule has 1 rings (SSSR count). The molecular formula is C8H14N4O6. The lowest BCUT2D eigenvalue weighted by atomic mass is 9.97. The molecule has 0 saturated carbocycles. The number of hydrogen-bond acceptors (Lipinski definition) is 7. The molecule has 18 heavy (non-hydrogen) atoms. The number of nitrogens with zero attached hydrogens (tertiary/aromatic N) is 3. The van der Waals surface area contributed by atoms with Crippen LogP contribution in [0.5, 0.6) is 0 Å². The van der Waals surface area contributed by atoms with E-state index >= 15 is 0 Å². The summed E-state index contributed by atoms with van der Waals surface area (Å²) in [5, 5.41) is 42.7. The average molecular weight is 262 g/mol. The van der Waals surface area contributed by atoms with Crippen LogP contribution < -0.4 is 5.32 Å². The first-order valence-electron chi connectivity index (χ1n) is 5.12. The van der Waals surface area contributed by atoms with Crippen LogP contribution in [0.15, 0.2) is 5.11 Å². The number of azide groups is 1. The van der Waals surface area contributed by atoms with Crippen molar-refractivity contribution in [3.05, 3.63) is 10.4 Å². The SMILES string of the molecule is [N-]=[N+]=NCC(=O)NC1C(O)OC(CO)C(O)C1O. The van der Waals surface area contributed by atoms with E-state index in [1.165, 1.54) is 0 Å². The van der Waals surface area contributed by atoms with Crippen molar-refractivity contribution in [2.45, 2.75) is 30.6 Å². The molecule has 0 radical (unpaired) electrons. The van der Waals surface area contributed by atoms with Crippen molar-refractivity contribution in [3.63, 3.8) is 0 Å². The van der Waals surface area contributed by atoms with Gasteiger partial charge in [-0.3, -0.25) is 4.79 Å². The molecule has 1 saturated heterocycles. The second-order valence-corrected chi connectivity index (χ2v) is 3.71. The molecule has 0 bridgehead atoms. The van der Waals surface area contributed by atoms with E-state index in [4.69, 9.17) is 15.4 Å². The highest BCUT2D eigenvalue weighted by Crippen LogP contribution is 2.19. The Balaban J connectivity index is 2.64. The summed E-state index contributed by atoms with van der Waals surface area (Å²) in [4.78, 5) is 13.6. The standard InChI is InChI=1S/C8H14N4O6/c9-12-10-1-4(14)11-5-7(16)6(15)3(2-13)18-8(5)17/h3,5-8,13,15-17H,1-2H2,(H,11,14). The van der Waals surface area contributed by atoms with Crippen molar-refractivity contribution >= 4 is 5.91 Å². The number of aliphatic hydroxyl groups is 4. The quantitative estimate of drug-likeness (QED) is 0.208. The molecule has 1 heterocycles. The molecule has 1 fully saturated rings.